The second kappa shape index (κ2) is 4.35. The highest BCUT2D eigenvalue weighted by molar-refractivity contribution is 6.14. The van der Waals surface area contributed by atoms with Crippen molar-refractivity contribution in [3.63, 3.8) is 0 Å². The van der Waals surface area contributed by atoms with E-state index in [4.69, 9.17) is 0 Å². The molecule has 0 bridgehead atoms. The van der Waals surface area contributed by atoms with Gasteiger partial charge in [-0.15, -0.1) is 6.58 Å². The van der Waals surface area contributed by atoms with Crippen molar-refractivity contribution in [2.45, 2.75) is 47.4 Å². The van der Waals surface area contributed by atoms with E-state index in [2.05, 4.69) is 56.0 Å². The van der Waals surface area contributed by atoms with Gasteiger partial charge in [-0.3, -0.25) is 0 Å². The smallest absolute Gasteiger partial charge is 0.100 e. The lowest BCUT2D eigenvalue weighted by molar-refractivity contribution is 0.243. The molecule has 0 aliphatic heterocycles. The Balaban J connectivity index is 4.58. The van der Waals surface area contributed by atoms with Gasteiger partial charge in [0.05, 0.1) is 0 Å². The first-order valence-corrected chi connectivity index (χ1v) is 5.40. The Morgan fingerprint density at radius 1 is 1.15 bits per heavy atom. The topological polar surface area (TPSA) is 0 Å². The highest BCUT2D eigenvalue weighted by Gasteiger charge is 2.31. The van der Waals surface area contributed by atoms with Crippen molar-refractivity contribution in [1.82, 2.24) is 0 Å². The molecule has 0 amide bonds. The molecule has 76 valence electrons. The first kappa shape index (κ1) is 12.8. The molecular weight excluding hydrogens is 155 g/mol. The summed E-state index contributed by atoms with van der Waals surface area (Å²) in [6, 6.07) is 0. The average Bonchev–Trinajstić information content (AvgIpc) is 2.01. The molecule has 0 fully saturated rings. The summed E-state index contributed by atoms with van der Waals surface area (Å²) in [5.74, 6) is 1.92. The largest absolute Gasteiger partial charge is 0.111 e. The van der Waals surface area contributed by atoms with Crippen LogP contribution in [0.5, 0.6) is 0 Å². The van der Waals surface area contributed by atoms with Crippen molar-refractivity contribution >= 4 is 7.85 Å². The van der Waals surface area contributed by atoms with Gasteiger partial charge in [-0.1, -0.05) is 47.1 Å². The van der Waals surface area contributed by atoms with Crippen LogP contribution in [0.25, 0.3) is 0 Å². The fourth-order valence-corrected chi connectivity index (χ4v) is 1.48. The fraction of sp³-hybridized carbons (Fsp3) is 0.833. The maximum atomic E-state index is 4.20. The summed E-state index contributed by atoms with van der Waals surface area (Å²) in [6.45, 7) is 17.9. The number of rotatable bonds is 4. The van der Waals surface area contributed by atoms with Crippen LogP contribution in [0.1, 0.15) is 41.5 Å². The zero-order chi connectivity index (χ0) is 10.8. The van der Waals surface area contributed by atoms with Crippen LogP contribution in [0, 0.1) is 17.3 Å². The number of allylic oxidation sites excluding steroid dienone is 1. The monoisotopic (exact) mass is 180 g/mol. The molecule has 1 heteroatoms. The maximum absolute atomic E-state index is 4.20. The quantitative estimate of drug-likeness (QED) is 0.460. The highest BCUT2D eigenvalue weighted by Crippen LogP contribution is 2.42. The second-order valence-electron chi connectivity index (χ2n) is 5.43. The van der Waals surface area contributed by atoms with Crippen LogP contribution in [0.2, 0.25) is 5.82 Å². The van der Waals surface area contributed by atoms with Crippen LogP contribution in [-0.2, 0) is 0 Å². The van der Waals surface area contributed by atoms with E-state index < -0.39 is 0 Å². The maximum Gasteiger partial charge on any atom is 0.111 e. The van der Waals surface area contributed by atoms with Crippen molar-refractivity contribution in [3.05, 3.63) is 12.2 Å². The molecule has 0 aromatic carbocycles. The molecule has 0 saturated heterocycles. The van der Waals surface area contributed by atoms with Gasteiger partial charge in [0, 0.05) is 0 Å². The Morgan fingerprint density at radius 3 is 1.77 bits per heavy atom. The van der Waals surface area contributed by atoms with Crippen LogP contribution < -0.4 is 0 Å². The summed E-state index contributed by atoms with van der Waals surface area (Å²) in [5.41, 5.74) is 1.75. The van der Waals surface area contributed by atoms with Gasteiger partial charge < -0.3 is 0 Å². The molecule has 13 heavy (non-hydrogen) atoms. The zero-order valence-corrected chi connectivity index (χ0v) is 10.4. The van der Waals surface area contributed by atoms with Crippen molar-refractivity contribution in [2.75, 3.05) is 0 Å². The lowest BCUT2D eigenvalue weighted by atomic mass is 9.58. The minimum Gasteiger partial charge on any atom is -0.100 e. The molecule has 0 aliphatic rings. The van der Waals surface area contributed by atoms with Crippen LogP contribution in [0.3, 0.4) is 0 Å². The van der Waals surface area contributed by atoms with Gasteiger partial charge in [-0.2, -0.15) is 0 Å². The predicted octanol–water partition coefficient (Wildman–Crippen LogP) is 3.30. The van der Waals surface area contributed by atoms with Gasteiger partial charge in [-0.05, 0) is 23.1 Å². The summed E-state index contributed by atoms with van der Waals surface area (Å²) < 4.78 is 0. The molecule has 0 heterocycles. The molecule has 0 rings (SSSR count). The number of hydrogen-bond donors (Lipinski definition) is 0. The van der Waals surface area contributed by atoms with Crippen LogP contribution >= 0.6 is 0 Å². The molecule has 0 aliphatic carbocycles. The van der Waals surface area contributed by atoms with E-state index in [9.17, 15) is 0 Å². The molecule has 1 unspecified atom stereocenters. The predicted molar refractivity (Wildman–Crippen MR) is 64.9 cm³/mol. The van der Waals surface area contributed by atoms with Gasteiger partial charge in [-0.25, -0.2) is 0 Å². The fourth-order valence-electron chi connectivity index (χ4n) is 1.48. The summed E-state index contributed by atoms with van der Waals surface area (Å²) in [7, 11) is 2.31. The summed E-state index contributed by atoms with van der Waals surface area (Å²) >= 11 is 0. The molecule has 0 spiro atoms. The lowest BCUT2D eigenvalue weighted by Gasteiger charge is -2.38. The number of hydrogen-bond acceptors (Lipinski definition) is 0. The van der Waals surface area contributed by atoms with E-state index in [0.29, 0.717) is 23.1 Å². The van der Waals surface area contributed by atoms with E-state index in [0.717, 1.165) is 0 Å². The molecular formula is C12H25B. The molecule has 0 nitrogen and oxygen atoms in total. The Morgan fingerprint density at radius 2 is 1.54 bits per heavy atom. The normalized spacial score (nSPS) is 15.1. The molecule has 0 radical (unpaired) electrons. The highest BCUT2D eigenvalue weighted by atomic mass is 14.3. The molecule has 0 aromatic rings. The van der Waals surface area contributed by atoms with Crippen molar-refractivity contribution in [1.29, 1.82) is 0 Å². The molecule has 0 N–H and O–H groups in total. The molecule has 0 aromatic heterocycles. The van der Waals surface area contributed by atoms with Gasteiger partial charge in [0.2, 0.25) is 0 Å². The van der Waals surface area contributed by atoms with Crippen molar-refractivity contribution in [3.8, 4) is 0 Å². The summed E-state index contributed by atoms with van der Waals surface area (Å²) in [5, 5.41) is 0. The van der Waals surface area contributed by atoms with Crippen molar-refractivity contribution in [2.24, 2.45) is 17.3 Å². The van der Waals surface area contributed by atoms with E-state index in [1.807, 2.05) is 0 Å². The van der Waals surface area contributed by atoms with Crippen molar-refractivity contribution < 1.29 is 0 Å². The van der Waals surface area contributed by atoms with E-state index in [1.165, 1.54) is 5.57 Å². The molecule has 0 saturated carbocycles. The minimum absolute atomic E-state index is 0.362. The Bertz CT molecular complexity index is 178. The van der Waals surface area contributed by atoms with E-state index in [1.54, 1.807) is 0 Å². The first-order chi connectivity index (χ1) is 5.71. The minimum atomic E-state index is 0.362. The van der Waals surface area contributed by atoms with Gasteiger partial charge in [0.1, 0.15) is 7.85 Å². The van der Waals surface area contributed by atoms with Crippen LogP contribution in [0.15, 0.2) is 12.2 Å². The summed E-state index contributed by atoms with van der Waals surface area (Å²) in [6.07, 6.45) is 0. The Labute approximate surface area is 85.2 Å². The second-order valence-corrected chi connectivity index (χ2v) is 5.43. The van der Waals surface area contributed by atoms with Gasteiger partial charge >= 0.3 is 0 Å². The van der Waals surface area contributed by atoms with Crippen LogP contribution in [-0.4, -0.2) is 7.85 Å². The van der Waals surface area contributed by atoms with E-state index >= 15 is 0 Å². The lowest BCUT2D eigenvalue weighted by Crippen LogP contribution is -2.28. The van der Waals surface area contributed by atoms with Gasteiger partial charge in [0.15, 0.2) is 0 Å². The third kappa shape index (κ3) is 2.89. The Kier molecular flexibility index (Phi) is 4.28. The average molecular weight is 180 g/mol. The summed E-state index contributed by atoms with van der Waals surface area (Å²) in [4.78, 5) is 0. The van der Waals surface area contributed by atoms with E-state index in [-0.39, 0.29) is 0 Å². The standard InChI is InChI=1S/C12H25B/c1-8(2)10(5)11(13)12(6,7)9(3)4/h8-9,11H,5,13H2,1-4,6-7H3. The first-order valence-electron chi connectivity index (χ1n) is 5.40. The SMILES string of the molecule is BC(C(=C)C(C)C)C(C)(C)C(C)C. The van der Waals surface area contributed by atoms with Gasteiger partial charge in [0.25, 0.3) is 0 Å². The zero-order valence-electron chi connectivity index (χ0n) is 10.4. The third-order valence-electron chi connectivity index (χ3n) is 3.90. The van der Waals surface area contributed by atoms with Crippen LogP contribution in [0.4, 0.5) is 0 Å². The molecule has 1 atom stereocenters. The Hall–Kier alpha value is -0.195. The third-order valence-corrected chi connectivity index (χ3v) is 3.90.